The highest BCUT2D eigenvalue weighted by Crippen LogP contribution is 2.14. The van der Waals surface area contributed by atoms with Crippen LogP contribution in [0.2, 0.25) is 0 Å². The highest BCUT2D eigenvalue weighted by atomic mass is 32.2. The van der Waals surface area contributed by atoms with E-state index < -0.39 is 17.9 Å². The normalized spacial score (nSPS) is 17.0. The summed E-state index contributed by atoms with van der Waals surface area (Å²) in [5.74, 6) is -0.640. The van der Waals surface area contributed by atoms with Gasteiger partial charge in [-0.15, -0.1) is 11.8 Å². The molecule has 0 aromatic rings. The molecule has 0 spiro atoms. The molecular weight excluding hydrogens is 244 g/mol. The average Bonchev–Trinajstić information content (AvgIpc) is 2.63. The van der Waals surface area contributed by atoms with E-state index >= 15 is 0 Å². The number of carboxylic acid groups (broad SMARTS) is 1. The van der Waals surface area contributed by atoms with Crippen LogP contribution in [0.3, 0.4) is 0 Å². The van der Waals surface area contributed by atoms with Gasteiger partial charge in [0.25, 0.3) is 0 Å². The summed E-state index contributed by atoms with van der Waals surface area (Å²) >= 11 is 1.45. The number of carbonyl (C=O) groups is 3. The zero-order valence-corrected chi connectivity index (χ0v) is 10.5. The first kappa shape index (κ1) is 13.8. The van der Waals surface area contributed by atoms with Crippen molar-refractivity contribution >= 4 is 29.5 Å². The van der Waals surface area contributed by atoms with E-state index in [1.54, 1.807) is 0 Å². The standard InChI is InChI=1S/C10H16N2O4S/c1-2-3-7(10(15)16)11-8(13)4-12-6-17-5-9(12)14/h7H,2-6H2,1H3,(H,11,13)(H,15,16). The number of hydrogen-bond donors (Lipinski definition) is 2. The van der Waals surface area contributed by atoms with Gasteiger partial charge in [0.1, 0.15) is 12.6 Å². The minimum Gasteiger partial charge on any atom is -0.480 e. The molecule has 7 heteroatoms. The van der Waals surface area contributed by atoms with Crippen LogP contribution >= 0.6 is 11.8 Å². The molecule has 0 saturated carbocycles. The van der Waals surface area contributed by atoms with Crippen LogP contribution in [0, 0.1) is 0 Å². The molecule has 1 saturated heterocycles. The fourth-order valence-corrected chi connectivity index (χ4v) is 2.40. The van der Waals surface area contributed by atoms with Gasteiger partial charge in [-0.1, -0.05) is 13.3 Å². The lowest BCUT2D eigenvalue weighted by atomic mass is 10.1. The van der Waals surface area contributed by atoms with Crippen molar-refractivity contribution in [3.63, 3.8) is 0 Å². The largest absolute Gasteiger partial charge is 0.480 e. The molecule has 1 aliphatic heterocycles. The van der Waals surface area contributed by atoms with Gasteiger partial charge in [0.15, 0.2) is 0 Å². The first-order valence-electron chi connectivity index (χ1n) is 5.42. The predicted molar refractivity (Wildman–Crippen MR) is 63.5 cm³/mol. The number of nitrogens with one attached hydrogen (secondary N) is 1. The van der Waals surface area contributed by atoms with E-state index in [-0.39, 0.29) is 12.5 Å². The molecule has 0 aliphatic carbocycles. The van der Waals surface area contributed by atoms with Crippen LogP contribution < -0.4 is 5.32 Å². The number of carboxylic acids is 1. The highest BCUT2D eigenvalue weighted by molar-refractivity contribution is 8.00. The van der Waals surface area contributed by atoms with E-state index in [0.717, 1.165) is 0 Å². The third-order valence-electron chi connectivity index (χ3n) is 2.37. The number of carbonyl (C=O) groups excluding carboxylic acids is 2. The van der Waals surface area contributed by atoms with Crippen molar-refractivity contribution in [1.29, 1.82) is 0 Å². The molecule has 2 amide bonds. The number of hydrogen-bond acceptors (Lipinski definition) is 4. The van der Waals surface area contributed by atoms with Crippen LogP contribution in [0.1, 0.15) is 19.8 Å². The molecule has 0 radical (unpaired) electrons. The Labute approximate surface area is 104 Å². The third kappa shape index (κ3) is 4.26. The molecule has 0 aromatic carbocycles. The van der Waals surface area contributed by atoms with E-state index in [1.165, 1.54) is 16.7 Å². The van der Waals surface area contributed by atoms with E-state index in [1.807, 2.05) is 6.92 Å². The van der Waals surface area contributed by atoms with Crippen LogP contribution in [0.5, 0.6) is 0 Å². The summed E-state index contributed by atoms with van der Waals surface area (Å²) in [6.07, 6.45) is 1.07. The van der Waals surface area contributed by atoms with Crippen LogP contribution in [0.15, 0.2) is 0 Å². The SMILES string of the molecule is CCCC(NC(=O)CN1CSCC1=O)C(=O)O. The Morgan fingerprint density at radius 2 is 2.29 bits per heavy atom. The summed E-state index contributed by atoms with van der Waals surface area (Å²) in [5, 5.41) is 11.3. The quantitative estimate of drug-likeness (QED) is 0.696. The van der Waals surface area contributed by atoms with Gasteiger partial charge in [0.2, 0.25) is 11.8 Å². The number of amides is 2. The zero-order chi connectivity index (χ0) is 12.8. The Morgan fingerprint density at radius 1 is 1.59 bits per heavy atom. The second-order valence-corrected chi connectivity index (χ2v) is 4.77. The lowest BCUT2D eigenvalue weighted by Crippen LogP contribution is -2.45. The molecule has 1 atom stereocenters. The van der Waals surface area contributed by atoms with E-state index in [2.05, 4.69) is 5.32 Å². The molecule has 0 bridgehead atoms. The van der Waals surface area contributed by atoms with Crippen molar-refractivity contribution in [2.45, 2.75) is 25.8 Å². The van der Waals surface area contributed by atoms with Crippen LogP contribution in [-0.4, -0.2) is 52.0 Å². The maximum Gasteiger partial charge on any atom is 0.326 e. The Hall–Kier alpha value is -1.24. The Balaban J connectivity index is 2.41. The minimum absolute atomic E-state index is 0.0562. The second-order valence-electron chi connectivity index (χ2n) is 3.82. The molecular formula is C10H16N2O4S. The van der Waals surface area contributed by atoms with Gasteiger partial charge < -0.3 is 15.3 Å². The van der Waals surface area contributed by atoms with Gasteiger partial charge in [-0.2, -0.15) is 0 Å². The average molecular weight is 260 g/mol. The molecule has 1 aliphatic rings. The van der Waals surface area contributed by atoms with Crippen molar-refractivity contribution in [3.05, 3.63) is 0 Å². The van der Waals surface area contributed by atoms with Crippen molar-refractivity contribution in [2.24, 2.45) is 0 Å². The Kier molecular flexibility index (Phi) is 5.27. The number of nitrogens with zero attached hydrogens (tertiary/aromatic N) is 1. The molecule has 0 aromatic heterocycles. The van der Waals surface area contributed by atoms with Crippen molar-refractivity contribution < 1.29 is 19.5 Å². The van der Waals surface area contributed by atoms with Crippen LogP contribution in [-0.2, 0) is 14.4 Å². The third-order valence-corrected chi connectivity index (χ3v) is 3.32. The molecule has 1 unspecified atom stereocenters. The summed E-state index contributed by atoms with van der Waals surface area (Å²) in [4.78, 5) is 35.1. The zero-order valence-electron chi connectivity index (χ0n) is 9.64. The fraction of sp³-hybridized carbons (Fsp3) is 0.700. The molecule has 1 heterocycles. The molecule has 6 nitrogen and oxygen atoms in total. The van der Waals surface area contributed by atoms with Crippen molar-refractivity contribution in [2.75, 3.05) is 18.2 Å². The maximum absolute atomic E-state index is 11.6. The van der Waals surface area contributed by atoms with Crippen LogP contribution in [0.4, 0.5) is 0 Å². The van der Waals surface area contributed by atoms with E-state index in [9.17, 15) is 14.4 Å². The smallest absolute Gasteiger partial charge is 0.326 e. The van der Waals surface area contributed by atoms with Gasteiger partial charge in [0, 0.05) is 0 Å². The minimum atomic E-state index is -1.04. The topological polar surface area (TPSA) is 86.7 Å². The summed E-state index contributed by atoms with van der Waals surface area (Å²) in [6.45, 7) is 1.79. The Bertz CT molecular complexity index is 321. The lowest BCUT2D eigenvalue weighted by Gasteiger charge is -2.17. The summed E-state index contributed by atoms with van der Waals surface area (Å²) in [5.41, 5.74) is 0. The fourth-order valence-electron chi connectivity index (χ4n) is 1.50. The Morgan fingerprint density at radius 3 is 2.76 bits per heavy atom. The molecule has 1 fully saturated rings. The summed E-state index contributed by atoms with van der Waals surface area (Å²) < 4.78 is 0. The van der Waals surface area contributed by atoms with Crippen LogP contribution in [0.25, 0.3) is 0 Å². The van der Waals surface area contributed by atoms with Gasteiger partial charge in [-0.05, 0) is 6.42 Å². The first-order valence-corrected chi connectivity index (χ1v) is 6.57. The summed E-state index contributed by atoms with van der Waals surface area (Å²) in [6, 6.07) is -0.863. The van der Waals surface area contributed by atoms with E-state index in [0.29, 0.717) is 24.5 Å². The predicted octanol–water partition coefficient (Wildman–Crippen LogP) is -0.111. The van der Waals surface area contributed by atoms with Crippen molar-refractivity contribution in [1.82, 2.24) is 10.2 Å². The maximum atomic E-state index is 11.6. The highest BCUT2D eigenvalue weighted by Gasteiger charge is 2.25. The first-order chi connectivity index (χ1) is 8.04. The number of rotatable bonds is 6. The van der Waals surface area contributed by atoms with Gasteiger partial charge in [-0.25, -0.2) is 4.79 Å². The molecule has 1 rings (SSSR count). The monoisotopic (exact) mass is 260 g/mol. The van der Waals surface area contributed by atoms with Gasteiger partial charge >= 0.3 is 5.97 Å². The summed E-state index contributed by atoms with van der Waals surface area (Å²) in [7, 11) is 0. The molecule has 17 heavy (non-hydrogen) atoms. The van der Waals surface area contributed by atoms with Gasteiger partial charge in [0.05, 0.1) is 11.6 Å². The lowest BCUT2D eigenvalue weighted by molar-refractivity contribution is -0.142. The van der Waals surface area contributed by atoms with Crippen molar-refractivity contribution in [3.8, 4) is 0 Å². The molecule has 2 N–H and O–H groups in total. The number of aliphatic carboxylic acids is 1. The second kappa shape index (κ2) is 6.48. The molecule has 96 valence electrons. The van der Waals surface area contributed by atoms with E-state index in [4.69, 9.17) is 5.11 Å². The number of thioether (sulfide) groups is 1. The van der Waals surface area contributed by atoms with Gasteiger partial charge in [-0.3, -0.25) is 9.59 Å².